The van der Waals surface area contributed by atoms with Gasteiger partial charge in [0.2, 0.25) is 0 Å². The molecule has 1 aromatic rings. The molecule has 2 heteroatoms. The molecule has 0 aromatic heterocycles. The number of rotatable bonds is 4. The van der Waals surface area contributed by atoms with Crippen molar-refractivity contribution >= 4 is 0 Å². The Labute approximate surface area is 114 Å². The zero-order valence-electron chi connectivity index (χ0n) is 11.2. The Bertz CT molecular complexity index is 447. The molecule has 1 fully saturated rings. The van der Waals surface area contributed by atoms with Crippen LogP contribution in [0.4, 0.5) is 4.39 Å². The van der Waals surface area contributed by atoms with Crippen LogP contribution in [-0.4, -0.2) is 6.67 Å². The highest BCUT2D eigenvalue weighted by Crippen LogP contribution is 2.36. The Morgan fingerprint density at radius 2 is 1.84 bits per heavy atom. The standard InChI is InChI=1S/C17H20FN/c18-12-2-1-3-14-4-8-16(9-5-14)17-10-6-15(13-19)7-11-17/h1,3,6-7,10-11,14,16H,2,4-5,8-9,12H2/b3-1+. The highest BCUT2D eigenvalue weighted by atomic mass is 19.1. The third kappa shape index (κ3) is 3.92. The molecule has 1 aliphatic carbocycles. The van der Waals surface area contributed by atoms with Gasteiger partial charge in [-0.3, -0.25) is 4.39 Å². The lowest BCUT2D eigenvalue weighted by molar-refractivity contribution is 0.375. The van der Waals surface area contributed by atoms with Gasteiger partial charge < -0.3 is 0 Å². The fourth-order valence-corrected chi connectivity index (χ4v) is 2.83. The van der Waals surface area contributed by atoms with Crippen LogP contribution in [0.2, 0.25) is 0 Å². The normalized spacial score (nSPS) is 23.4. The van der Waals surface area contributed by atoms with Gasteiger partial charge in [0.05, 0.1) is 18.3 Å². The molecule has 0 N–H and O–H groups in total. The predicted octanol–water partition coefficient (Wildman–Crippen LogP) is 4.75. The minimum Gasteiger partial charge on any atom is -0.251 e. The Hall–Kier alpha value is -1.62. The first-order valence-corrected chi connectivity index (χ1v) is 7.06. The van der Waals surface area contributed by atoms with Crippen molar-refractivity contribution in [3.05, 3.63) is 47.5 Å². The van der Waals surface area contributed by atoms with Gasteiger partial charge in [-0.15, -0.1) is 0 Å². The van der Waals surface area contributed by atoms with Crippen molar-refractivity contribution in [2.24, 2.45) is 5.92 Å². The van der Waals surface area contributed by atoms with Gasteiger partial charge in [0.1, 0.15) is 0 Å². The van der Waals surface area contributed by atoms with E-state index < -0.39 is 0 Å². The zero-order valence-corrected chi connectivity index (χ0v) is 11.2. The molecule has 19 heavy (non-hydrogen) atoms. The number of hydrogen-bond donors (Lipinski definition) is 0. The third-order valence-corrected chi connectivity index (χ3v) is 3.97. The molecular formula is C17H20FN. The molecule has 0 saturated heterocycles. The van der Waals surface area contributed by atoms with Gasteiger partial charge in [-0.25, -0.2) is 0 Å². The van der Waals surface area contributed by atoms with E-state index >= 15 is 0 Å². The van der Waals surface area contributed by atoms with Crippen molar-refractivity contribution in [3.63, 3.8) is 0 Å². The highest BCUT2D eigenvalue weighted by Gasteiger charge is 2.20. The minimum absolute atomic E-state index is 0.253. The molecule has 1 saturated carbocycles. The summed E-state index contributed by atoms with van der Waals surface area (Å²) >= 11 is 0. The smallest absolute Gasteiger partial charge is 0.0991 e. The van der Waals surface area contributed by atoms with Crippen LogP contribution in [0.5, 0.6) is 0 Å². The third-order valence-electron chi connectivity index (χ3n) is 3.97. The molecule has 0 bridgehead atoms. The summed E-state index contributed by atoms with van der Waals surface area (Å²) in [7, 11) is 0. The second kappa shape index (κ2) is 7.09. The second-order valence-corrected chi connectivity index (χ2v) is 5.25. The number of hydrogen-bond acceptors (Lipinski definition) is 1. The lowest BCUT2D eigenvalue weighted by Gasteiger charge is -2.27. The summed E-state index contributed by atoms with van der Waals surface area (Å²) in [6.07, 6.45) is 9.48. The van der Waals surface area contributed by atoms with Crippen LogP contribution in [0.15, 0.2) is 36.4 Å². The maximum Gasteiger partial charge on any atom is 0.0991 e. The van der Waals surface area contributed by atoms with E-state index in [2.05, 4.69) is 24.3 Å². The van der Waals surface area contributed by atoms with E-state index in [0.29, 0.717) is 18.3 Å². The largest absolute Gasteiger partial charge is 0.251 e. The quantitative estimate of drug-likeness (QED) is 0.714. The number of halogens is 1. The van der Waals surface area contributed by atoms with E-state index in [0.717, 1.165) is 5.56 Å². The van der Waals surface area contributed by atoms with Crippen molar-refractivity contribution < 1.29 is 4.39 Å². The molecule has 0 aliphatic heterocycles. The molecule has 100 valence electrons. The van der Waals surface area contributed by atoms with Gasteiger partial charge in [-0.1, -0.05) is 24.3 Å². The molecule has 0 spiro atoms. The minimum atomic E-state index is -0.253. The van der Waals surface area contributed by atoms with E-state index in [1.807, 2.05) is 18.2 Å². The molecule has 0 amide bonds. The van der Waals surface area contributed by atoms with Crippen molar-refractivity contribution in [1.29, 1.82) is 5.26 Å². The first kappa shape index (κ1) is 13.8. The van der Waals surface area contributed by atoms with Crippen LogP contribution < -0.4 is 0 Å². The van der Waals surface area contributed by atoms with Gasteiger partial charge in [0.15, 0.2) is 0 Å². The summed E-state index contributed by atoms with van der Waals surface area (Å²) in [6, 6.07) is 10.1. The van der Waals surface area contributed by atoms with Crippen molar-refractivity contribution in [3.8, 4) is 6.07 Å². The Morgan fingerprint density at radius 1 is 1.16 bits per heavy atom. The van der Waals surface area contributed by atoms with Gasteiger partial charge >= 0.3 is 0 Å². The summed E-state index contributed by atoms with van der Waals surface area (Å²) in [6.45, 7) is -0.253. The van der Waals surface area contributed by atoms with Crippen LogP contribution in [0, 0.1) is 17.2 Å². The van der Waals surface area contributed by atoms with Gasteiger partial charge in [-0.2, -0.15) is 5.26 Å². The first-order valence-electron chi connectivity index (χ1n) is 7.06. The lowest BCUT2D eigenvalue weighted by Crippen LogP contribution is -2.11. The summed E-state index contributed by atoms with van der Waals surface area (Å²) in [5.41, 5.74) is 2.08. The Morgan fingerprint density at radius 3 is 2.42 bits per heavy atom. The summed E-state index contributed by atoms with van der Waals surface area (Å²) in [4.78, 5) is 0. The van der Waals surface area contributed by atoms with E-state index in [1.165, 1.54) is 31.2 Å². The summed E-state index contributed by atoms with van der Waals surface area (Å²) in [5.74, 6) is 1.25. The SMILES string of the molecule is N#Cc1ccc(C2CCC(/C=C/CCF)CC2)cc1. The van der Waals surface area contributed by atoms with Crippen LogP contribution in [0.1, 0.15) is 49.1 Å². The topological polar surface area (TPSA) is 23.8 Å². The number of benzene rings is 1. The van der Waals surface area contributed by atoms with E-state index in [-0.39, 0.29) is 6.67 Å². The Kier molecular flexibility index (Phi) is 5.15. The molecule has 0 atom stereocenters. The molecule has 2 rings (SSSR count). The van der Waals surface area contributed by atoms with Gasteiger partial charge in [-0.05, 0) is 61.6 Å². The first-order chi connectivity index (χ1) is 9.33. The molecule has 0 heterocycles. The van der Waals surface area contributed by atoms with Crippen LogP contribution in [0.3, 0.4) is 0 Å². The molecule has 0 radical (unpaired) electrons. The molecule has 0 unspecified atom stereocenters. The molecular weight excluding hydrogens is 237 g/mol. The fraction of sp³-hybridized carbons (Fsp3) is 0.471. The second-order valence-electron chi connectivity index (χ2n) is 5.25. The van der Waals surface area contributed by atoms with Crippen molar-refractivity contribution in [1.82, 2.24) is 0 Å². The Balaban J connectivity index is 1.87. The van der Waals surface area contributed by atoms with Gasteiger partial charge in [0, 0.05) is 0 Å². The van der Waals surface area contributed by atoms with E-state index in [9.17, 15) is 4.39 Å². The maximum absolute atomic E-state index is 12.0. The average molecular weight is 257 g/mol. The highest BCUT2D eigenvalue weighted by molar-refractivity contribution is 5.33. The predicted molar refractivity (Wildman–Crippen MR) is 75.6 cm³/mol. The fourth-order valence-electron chi connectivity index (χ4n) is 2.83. The molecule has 1 aliphatic rings. The lowest BCUT2D eigenvalue weighted by atomic mass is 9.78. The number of alkyl halides is 1. The number of nitrogens with zero attached hydrogens (tertiary/aromatic N) is 1. The summed E-state index contributed by atoms with van der Waals surface area (Å²) in [5, 5.41) is 8.79. The van der Waals surface area contributed by atoms with Crippen LogP contribution in [0.25, 0.3) is 0 Å². The van der Waals surface area contributed by atoms with Crippen molar-refractivity contribution in [2.75, 3.05) is 6.67 Å². The van der Waals surface area contributed by atoms with Crippen molar-refractivity contribution in [2.45, 2.75) is 38.0 Å². The van der Waals surface area contributed by atoms with E-state index in [1.54, 1.807) is 0 Å². The van der Waals surface area contributed by atoms with Gasteiger partial charge in [0.25, 0.3) is 0 Å². The number of allylic oxidation sites excluding steroid dienone is 2. The molecule has 1 aromatic carbocycles. The van der Waals surface area contributed by atoms with Crippen LogP contribution in [-0.2, 0) is 0 Å². The maximum atomic E-state index is 12.0. The zero-order chi connectivity index (χ0) is 13.5. The van der Waals surface area contributed by atoms with E-state index in [4.69, 9.17) is 5.26 Å². The van der Waals surface area contributed by atoms with Crippen LogP contribution >= 0.6 is 0 Å². The summed E-state index contributed by atoms with van der Waals surface area (Å²) < 4.78 is 12.0. The molecule has 1 nitrogen and oxygen atoms in total. The number of nitriles is 1. The average Bonchev–Trinajstić information content (AvgIpc) is 2.48. The monoisotopic (exact) mass is 257 g/mol.